The van der Waals surface area contributed by atoms with Crippen LogP contribution in [0.2, 0.25) is 0 Å². The Kier molecular flexibility index (Phi) is 7.70. The Hall–Kier alpha value is -3.29. The maximum Gasteiger partial charge on any atom is 0.303 e. The number of hydrogen-bond acceptors (Lipinski definition) is 13. The molecule has 0 aromatic carbocycles. The molecule has 0 radical (unpaired) electrons. The molecule has 7 aliphatic rings. The van der Waals surface area contributed by atoms with Gasteiger partial charge in [-0.1, -0.05) is 34.3 Å². The first-order chi connectivity index (χ1) is 23.5. The van der Waals surface area contributed by atoms with Crippen molar-refractivity contribution in [2.75, 3.05) is 0 Å². The van der Waals surface area contributed by atoms with E-state index in [1.54, 1.807) is 13.8 Å². The first-order valence-corrected chi connectivity index (χ1v) is 17.9. The summed E-state index contributed by atoms with van der Waals surface area (Å²) >= 11 is 0. The van der Waals surface area contributed by atoms with E-state index in [0.717, 1.165) is 0 Å². The van der Waals surface area contributed by atoms with Crippen LogP contribution in [0.5, 0.6) is 0 Å². The first kappa shape index (κ1) is 36.1. The number of epoxide rings is 1. The fraction of sp³-hybridized carbons (Fsp3) is 0.763. The first-order valence-electron chi connectivity index (χ1n) is 17.9. The quantitative estimate of drug-likeness (QED) is 0.246. The lowest BCUT2D eigenvalue weighted by atomic mass is 9.38. The lowest BCUT2D eigenvalue weighted by molar-refractivity contribution is -0.283. The molecular weight excluding hydrogens is 664 g/mol. The number of fused-ring (bicyclic) bond motifs is 10. The lowest BCUT2D eigenvalue weighted by Crippen LogP contribution is -2.79. The van der Waals surface area contributed by atoms with Crippen LogP contribution < -0.4 is 0 Å². The molecule has 0 amide bonds. The zero-order chi connectivity index (χ0) is 37.7. The smallest absolute Gasteiger partial charge is 0.303 e. The maximum atomic E-state index is 15.0. The third kappa shape index (κ3) is 4.28. The Labute approximate surface area is 297 Å². The van der Waals surface area contributed by atoms with Gasteiger partial charge in [0.05, 0.1) is 11.5 Å². The van der Waals surface area contributed by atoms with Gasteiger partial charge in [-0.25, -0.2) is 0 Å². The molecule has 2 unspecified atom stereocenters. The van der Waals surface area contributed by atoms with Gasteiger partial charge in [0.1, 0.15) is 47.1 Å². The second-order valence-corrected chi connectivity index (χ2v) is 17.1. The van der Waals surface area contributed by atoms with Gasteiger partial charge in [0.25, 0.3) is 0 Å². The van der Waals surface area contributed by atoms with Gasteiger partial charge in [0.2, 0.25) is 5.78 Å². The van der Waals surface area contributed by atoms with Crippen LogP contribution in [0.1, 0.15) is 75.7 Å². The molecule has 2 heterocycles. The summed E-state index contributed by atoms with van der Waals surface area (Å²) in [7, 11) is 0. The Morgan fingerprint density at radius 2 is 1.39 bits per heavy atom. The average molecular weight is 715 g/mol. The van der Waals surface area contributed by atoms with Gasteiger partial charge in [0.15, 0.2) is 6.10 Å². The Morgan fingerprint density at radius 1 is 0.824 bits per heavy atom. The minimum Gasteiger partial charge on any atom is -0.463 e. The van der Waals surface area contributed by atoms with E-state index in [2.05, 4.69) is 6.58 Å². The average Bonchev–Trinajstić information content (AvgIpc) is 3.67. The summed E-state index contributed by atoms with van der Waals surface area (Å²) in [6.07, 6.45) is -3.94. The van der Waals surface area contributed by atoms with Gasteiger partial charge in [-0.2, -0.15) is 0 Å². The number of carbonyl (C=O) groups is 5. The summed E-state index contributed by atoms with van der Waals surface area (Å²) in [5.74, 6) is -7.45. The molecule has 6 fully saturated rings. The molecule has 4 saturated carbocycles. The van der Waals surface area contributed by atoms with Crippen LogP contribution in [0.4, 0.5) is 0 Å². The van der Waals surface area contributed by atoms with Gasteiger partial charge < -0.3 is 38.6 Å². The number of ketones is 1. The molecule has 5 aliphatic carbocycles. The molecule has 13 nitrogen and oxygen atoms in total. The standard InChI is InChI=1S/C38H50O13/c1-14-12-22-35(9,37(11,44)16(3)46-22)27-24(14)34(8)26(30(27)48-18(5)40)23-25(15(2)32(34)49-19(6)41)36(10)33(50-20(7)42)28-21(51-28)13-38(36,45)31(43)29(23)47-17(4)39/h12,14-15,21,23-30,32-33,44-45H,3,13H2,1-2,4-11H3/t14-,15?,21+,23-,24+,25?,26-,27+,28+,29-,30-,32+,33+,34-,35+,36+,37-,38+/m1/s1. The third-order valence-corrected chi connectivity index (χ3v) is 14.8. The Bertz CT molecular complexity index is 1670. The van der Waals surface area contributed by atoms with Gasteiger partial charge in [-0.05, 0) is 43.6 Å². The van der Waals surface area contributed by atoms with E-state index in [1.807, 2.05) is 33.8 Å². The number of ether oxygens (including phenoxy) is 6. The summed E-state index contributed by atoms with van der Waals surface area (Å²) in [5.41, 5.74) is -7.67. The van der Waals surface area contributed by atoms with Crippen molar-refractivity contribution in [3.8, 4) is 0 Å². The minimum absolute atomic E-state index is 0.123. The van der Waals surface area contributed by atoms with E-state index in [-0.39, 0.29) is 18.1 Å². The van der Waals surface area contributed by atoms with Crippen LogP contribution in [0.3, 0.4) is 0 Å². The van der Waals surface area contributed by atoms with Crippen molar-refractivity contribution in [3.05, 3.63) is 24.2 Å². The summed E-state index contributed by atoms with van der Waals surface area (Å²) in [4.78, 5) is 67.0. The maximum absolute atomic E-state index is 15.0. The SMILES string of the molecule is C=C1OC2=C[C@@H](C)[C@H]3[C@@H]([C@H](OC(C)=O)[C@H]4[C@H]5C(C(C)[C@H](OC(C)=O)[C@]34C)[C@@]3(C)[C@@H](OC(C)=O)[C@H]4O[C@H]4C[C@]3(O)C(=O)[C@@H]5OC(C)=O)[C@@]2(C)[C@]1(C)O. The van der Waals surface area contributed by atoms with E-state index in [9.17, 15) is 29.4 Å². The molecule has 2 aliphatic heterocycles. The van der Waals surface area contributed by atoms with Crippen molar-refractivity contribution in [1.29, 1.82) is 0 Å². The van der Waals surface area contributed by atoms with Crippen LogP contribution in [-0.4, -0.2) is 87.7 Å². The lowest BCUT2D eigenvalue weighted by Gasteiger charge is -2.67. The fourth-order valence-electron chi connectivity index (χ4n) is 12.9. The number of carbonyl (C=O) groups excluding carboxylic acids is 5. The van der Waals surface area contributed by atoms with E-state index < -0.39 is 129 Å². The Morgan fingerprint density at radius 3 is 1.96 bits per heavy atom. The topological polar surface area (TPSA) is 184 Å². The normalized spacial score (nSPS) is 53.0. The number of aliphatic hydroxyl groups is 2. The van der Waals surface area contributed by atoms with Crippen molar-refractivity contribution >= 4 is 29.7 Å². The second-order valence-electron chi connectivity index (χ2n) is 17.1. The molecule has 0 spiro atoms. The number of Topliss-reactive ketones (excluding diaryl/α,β-unsaturated/α-hetero) is 1. The highest BCUT2D eigenvalue weighted by molar-refractivity contribution is 5.95. The predicted molar refractivity (Wildman–Crippen MR) is 174 cm³/mol. The van der Waals surface area contributed by atoms with Crippen molar-refractivity contribution in [3.63, 3.8) is 0 Å². The molecule has 2 saturated heterocycles. The molecule has 51 heavy (non-hydrogen) atoms. The largest absolute Gasteiger partial charge is 0.463 e. The van der Waals surface area contributed by atoms with Gasteiger partial charge >= 0.3 is 23.9 Å². The summed E-state index contributed by atoms with van der Waals surface area (Å²) in [6, 6.07) is 0. The van der Waals surface area contributed by atoms with Gasteiger partial charge in [-0.3, -0.25) is 24.0 Å². The Balaban J connectivity index is 1.55. The molecule has 0 aromatic rings. The number of allylic oxidation sites excluding steroid dienone is 1. The molecule has 18 atom stereocenters. The zero-order valence-corrected chi connectivity index (χ0v) is 30.9. The van der Waals surface area contributed by atoms with E-state index >= 15 is 4.79 Å². The molecule has 13 heteroatoms. The minimum atomic E-state index is -2.19. The van der Waals surface area contributed by atoms with E-state index in [4.69, 9.17) is 28.4 Å². The number of esters is 4. The van der Waals surface area contributed by atoms with Crippen molar-refractivity contribution < 1.29 is 62.6 Å². The van der Waals surface area contributed by atoms with E-state index in [1.165, 1.54) is 27.7 Å². The molecule has 0 bridgehead atoms. The van der Waals surface area contributed by atoms with E-state index in [0.29, 0.717) is 5.76 Å². The summed E-state index contributed by atoms with van der Waals surface area (Å²) < 4.78 is 36.8. The monoisotopic (exact) mass is 714 g/mol. The predicted octanol–water partition coefficient (Wildman–Crippen LogP) is 2.79. The van der Waals surface area contributed by atoms with Crippen LogP contribution in [0, 0.1) is 57.7 Å². The highest BCUT2D eigenvalue weighted by Crippen LogP contribution is 2.77. The molecule has 2 N–H and O–H groups in total. The third-order valence-electron chi connectivity index (χ3n) is 14.8. The highest BCUT2D eigenvalue weighted by Gasteiger charge is 2.85. The van der Waals surface area contributed by atoms with Crippen LogP contribution in [0.15, 0.2) is 24.2 Å². The molecular formula is C38H50O13. The van der Waals surface area contributed by atoms with Gasteiger partial charge in [0, 0.05) is 62.7 Å². The van der Waals surface area contributed by atoms with Crippen molar-refractivity contribution in [2.24, 2.45) is 57.7 Å². The van der Waals surface area contributed by atoms with Crippen LogP contribution >= 0.6 is 0 Å². The molecule has 7 rings (SSSR count). The van der Waals surface area contributed by atoms with Crippen LogP contribution in [-0.2, 0) is 52.4 Å². The summed E-state index contributed by atoms with van der Waals surface area (Å²) in [5, 5.41) is 25.0. The van der Waals surface area contributed by atoms with Crippen molar-refractivity contribution in [2.45, 2.75) is 123 Å². The van der Waals surface area contributed by atoms with Gasteiger partial charge in [-0.15, -0.1) is 0 Å². The highest BCUT2D eigenvalue weighted by atomic mass is 16.6. The summed E-state index contributed by atoms with van der Waals surface area (Å²) in [6.45, 7) is 20.0. The number of rotatable bonds is 4. The number of hydrogen-bond donors (Lipinski definition) is 2. The zero-order valence-electron chi connectivity index (χ0n) is 30.9. The fourth-order valence-corrected chi connectivity index (χ4v) is 12.9. The second kappa shape index (κ2) is 10.9. The van der Waals surface area contributed by atoms with Crippen LogP contribution in [0.25, 0.3) is 0 Å². The molecule has 0 aromatic heterocycles. The van der Waals surface area contributed by atoms with Crippen molar-refractivity contribution in [1.82, 2.24) is 0 Å². The molecule has 280 valence electrons.